The van der Waals surface area contributed by atoms with Crippen molar-refractivity contribution >= 4 is 17.7 Å². The molecule has 0 spiro atoms. The first-order chi connectivity index (χ1) is 14.0. The Kier molecular flexibility index (Phi) is 9.15. The Morgan fingerprint density at radius 1 is 1.07 bits per heavy atom. The van der Waals surface area contributed by atoms with Gasteiger partial charge in [0.05, 0.1) is 11.9 Å². The molecule has 0 saturated heterocycles. The number of hydrogen-bond acceptors (Lipinski definition) is 4. The van der Waals surface area contributed by atoms with Crippen LogP contribution < -0.4 is 15.0 Å². The van der Waals surface area contributed by atoms with E-state index in [-0.39, 0.29) is 12.0 Å². The minimum atomic E-state index is -0.292. The Labute approximate surface area is 173 Å². The quantitative estimate of drug-likeness (QED) is 0.443. The molecule has 29 heavy (non-hydrogen) atoms. The molecule has 2 aromatic rings. The highest BCUT2D eigenvalue weighted by Gasteiger charge is 2.11. The number of nitrogens with one attached hydrogen (secondary N) is 1. The van der Waals surface area contributed by atoms with Gasteiger partial charge in [-0.15, -0.1) is 0 Å². The van der Waals surface area contributed by atoms with Crippen LogP contribution in [0.1, 0.15) is 52.4 Å². The third-order valence-corrected chi connectivity index (χ3v) is 4.65. The molecule has 1 heterocycles. The Balaban J connectivity index is 1.95. The summed E-state index contributed by atoms with van der Waals surface area (Å²) in [6.45, 7) is 4.62. The zero-order valence-electron chi connectivity index (χ0n) is 17.6. The Hall–Kier alpha value is -2.89. The summed E-state index contributed by atoms with van der Waals surface area (Å²) >= 11 is 0. The van der Waals surface area contributed by atoms with Crippen molar-refractivity contribution in [3.8, 4) is 17.0 Å². The van der Waals surface area contributed by atoms with E-state index in [9.17, 15) is 9.59 Å². The Bertz CT molecular complexity index is 790. The molecule has 0 fully saturated rings. The molecule has 0 aliphatic heterocycles. The van der Waals surface area contributed by atoms with Crippen LogP contribution in [0.3, 0.4) is 0 Å². The number of carbonyl (C=O) groups is 2. The third kappa shape index (κ3) is 7.22. The van der Waals surface area contributed by atoms with Gasteiger partial charge in [0.2, 0.25) is 0 Å². The van der Waals surface area contributed by atoms with Crippen LogP contribution >= 0.6 is 0 Å². The summed E-state index contributed by atoms with van der Waals surface area (Å²) in [5.74, 6) is 0.131. The van der Waals surface area contributed by atoms with Gasteiger partial charge >= 0.3 is 12.0 Å². The van der Waals surface area contributed by atoms with Crippen molar-refractivity contribution in [2.24, 2.45) is 0 Å². The van der Waals surface area contributed by atoms with Crippen LogP contribution in [0.4, 0.5) is 10.5 Å². The molecule has 0 saturated carbocycles. The maximum Gasteiger partial charge on any atom is 0.321 e. The first kappa shape index (κ1) is 22.4. The second-order valence-corrected chi connectivity index (χ2v) is 6.96. The van der Waals surface area contributed by atoms with Crippen LogP contribution in [0.25, 0.3) is 11.3 Å². The number of nitrogens with zero attached hydrogens (tertiary/aromatic N) is 2. The van der Waals surface area contributed by atoms with Crippen molar-refractivity contribution in [3.63, 3.8) is 0 Å². The fraction of sp³-hybridized carbons (Fsp3) is 0.435. The first-order valence-electron chi connectivity index (χ1n) is 10.3. The zero-order chi connectivity index (χ0) is 21.1. The zero-order valence-corrected chi connectivity index (χ0v) is 17.6. The third-order valence-electron chi connectivity index (χ3n) is 4.65. The van der Waals surface area contributed by atoms with E-state index in [0.717, 1.165) is 29.8 Å². The van der Waals surface area contributed by atoms with Gasteiger partial charge in [0.15, 0.2) is 0 Å². The normalized spacial score (nSPS) is 10.4. The molecule has 0 radical (unpaired) electrons. The number of aromatic nitrogens is 1. The lowest BCUT2D eigenvalue weighted by molar-refractivity contribution is -0.134. The topological polar surface area (TPSA) is 71.5 Å². The SMILES string of the molecule is CCCCCCCNC(=O)N(C)c1cccc(-c2ccc(OC(=O)CC)cn2)c1. The largest absolute Gasteiger partial charge is 0.425 e. The molecule has 6 heteroatoms. The number of carbonyl (C=O) groups excluding carboxylic acids is 2. The molecule has 0 bridgehead atoms. The Morgan fingerprint density at radius 3 is 2.55 bits per heavy atom. The minimum absolute atomic E-state index is 0.118. The average molecular weight is 398 g/mol. The van der Waals surface area contributed by atoms with Gasteiger partial charge in [-0.2, -0.15) is 0 Å². The summed E-state index contributed by atoms with van der Waals surface area (Å²) in [7, 11) is 1.76. The average Bonchev–Trinajstić information content (AvgIpc) is 2.76. The van der Waals surface area contributed by atoms with Gasteiger partial charge in [0, 0.05) is 31.3 Å². The molecule has 1 aromatic heterocycles. The molecule has 1 N–H and O–H groups in total. The fourth-order valence-corrected chi connectivity index (χ4v) is 2.85. The summed E-state index contributed by atoms with van der Waals surface area (Å²) in [5.41, 5.74) is 2.41. The van der Waals surface area contributed by atoms with Gasteiger partial charge in [-0.1, -0.05) is 51.7 Å². The Morgan fingerprint density at radius 2 is 1.86 bits per heavy atom. The predicted molar refractivity (Wildman–Crippen MR) is 116 cm³/mol. The van der Waals surface area contributed by atoms with E-state index in [1.54, 1.807) is 31.0 Å². The molecule has 156 valence electrons. The molecular formula is C23H31N3O3. The van der Waals surface area contributed by atoms with E-state index in [0.29, 0.717) is 18.7 Å². The fourth-order valence-electron chi connectivity index (χ4n) is 2.85. The van der Waals surface area contributed by atoms with Crippen LogP contribution in [-0.4, -0.2) is 30.6 Å². The van der Waals surface area contributed by atoms with Gasteiger partial charge in [0.25, 0.3) is 0 Å². The lowest BCUT2D eigenvalue weighted by Crippen LogP contribution is -2.37. The van der Waals surface area contributed by atoms with Gasteiger partial charge < -0.3 is 10.1 Å². The van der Waals surface area contributed by atoms with Gasteiger partial charge in [-0.3, -0.25) is 14.7 Å². The predicted octanol–water partition coefficient (Wildman–Crippen LogP) is 5.18. The second-order valence-electron chi connectivity index (χ2n) is 6.96. The van der Waals surface area contributed by atoms with Crippen LogP contribution in [0.15, 0.2) is 42.6 Å². The number of rotatable bonds is 10. The van der Waals surface area contributed by atoms with Crippen LogP contribution in [0.5, 0.6) is 5.75 Å². The summed E-state index contributed by atoms with van der Waals surface area (Å²) < 4.78 is 5.15. The molecular weight excluding hydrogens is 366 g/mol. The number of hydrogen-bond donors (Lipinski definition) is 1. The summed E-state index contributed by atoms with van der Waals surface area (Å²) in [6.07, 6.45) is 7.67. The number of benzene rings is 1. The van der Waals surface area contributed by atoms with Crippen LogP contribution in [-0.2, 0) is 4.79 Å². The number of pyridine rings is 1. The monoisotopic (exact) mass is 397 g/mol. The molecule has 0 aliphatic rings. The molecule has 0 atom stereocenters. The van der Waals surface area contributed by atoms with E-state index in [1.807, 2.05) is 24.3 Å². The lowest BCUT2D eigenvalue weighted by atomic mass is 10.1. The molecule has 2 amide bonds. The first-order valence-corrected chi connectivity index (χ1v) is 10.3. The van der Waals surface area contributed by atoms with E-state index in [4.69, 9.17) is 4.74 Å². The number of ether oxygens (including phenoxy) is 1. The van der Waals surface area contributed by atoms with Crippen molar-refractivity contribution in [2.75, 3.05) is 18.5 Å². The molecule has 0 aliphatic carbocycles. The van der Waals surface area contributed by atoms with Crippen LogP contribution in [0, 0.1) is 0 Å². The van der Waals surface area contributed by atoms with Gasteiger partial charge in [-0.25, -0.2) is 4.79 Å². The number of anilines is 1. The molecule has 6 nitrogen and oxygen atoms in total. The highest BCUT2D eigenvalue weighted by molar-refractivity contribution is 5.92. The van der Waals surface area contributed by atoms with Crippen molar-refractivity contribution in [1.29, 1.82) is 0 Å². The summed E-state index contributed by atoms with van der Waals surface area (Å²) in [6, 6.07) is 11.0. The maximum atomic E-state index is 12.4. The van der Waals surface area contributed by atoms with Crippen molar-refractivity contribution in [3.05, 3.63) is 42.6 Å². The molecule has 0 unspecified atom stereocenters. The number of urea groups is 1. The van der Waals surface area contributed by atoms with E-state index in [2.05, 4.69) is 17.2 Å². The van der Waals surface area contributed by atoms with Gasteiger partial charge in [0.1, 0.15) is 5.75 Å². The maximum absolute atomic E-state index is 12.4. The minimum Gasteiger partial charge on any atom is -0.425 e. The lowest BCUT2D eigenvalue weighted by Gasteiger charge is -2.19. The summed E-state index contributed by atoms with van der Waals surface area (Å²) in [5, 5.41) is 2.97. The number of esters is 1. The molecule has 2 rings (SSSR count). The van der Waals surface area contributed by atoms with E-state index < -0.39 is 0 Å². The van der Waals surface area contributed by atoms with E-state index in [1.165, 1.54) is 25.5 Å². The molecule has 1 aromatic carbocycles. The highest BCUT2D eigenvalue weighted by Crippen LogP contribution is 2.24. The van der Waals surface area contributed by atoms with Crippen LogP contribution in [0.2, 0.25) is 0 Å². The van der Waals surface area contributed by atoms with Gasteiger partial charge in [-0.05, 0) is 30.7 Å². The highest BCUT2D eigenvalue weighted by atomic mass is 16.5. The van der Waals surface area contributed by atoms with Crippen molar-refractivity contribution < 1.29 is 14.3 Å². The van der Waals surface area contributed by atoms with E-state index >= 15 is 0 Å². The van der Waals surface area contributed by atoms with Crippen molar-refractivity contribution in [1.82, 2.24) is 10.3 Å². The smallest absolute Gasteiger partial charge is 0.321 e. The van der Waals surface area contributed by atoms with Crippen molar-refractivity contribution in [2.45, 2.75) is 52.4 Å². The standard InChI is InChI=1S/C23H31N3O3/c1-4-6-7-8-9-15-24-23(28)26(3)19-12-10-11-18(16-19)21-14-13-20(17-25-21)29-22(27)5-2/h10-14,16-17H,4-9,15H2,1-3H3,(H,24,28). The summed E-state index contributed by atoms with van der Waals surface area (Å²) in [4.78, 5) is 29.7. The number of unbranched alkanes of at least 4 members (excludes halogenated alkanes) is 4. The second kappa shape index (κ2) is 11.8. The number of amides is 2.